The third-order valence-electron chi connectivity index (χ3n) is 3.35. The molecular weight excluding hydrogens is 423 g/mol. The summed E-state index contributed by atoms with van der Waals surface area (Å²) in [4.78, 5) is 1.06. The zero-order chi connectivity index (χ0) is 17.3. The largest absolute Gasteiger partial charge is 0.306 e. The average Bonchev–Trinajstić information content (AvgIpc) is 2.92. The minimum atomic E-state index is -1.84. The second kappa shape index (κ2) is 7.74. The lowest BCUT2D eigenvalue weighted by Gasteiger charge is -2.06. The Morgan fingerprint density at radius 2 is 1.67 bits per heavy atom. The Balaban J connectivity index is 2.05. The van der Waals surface area contributed by atoms with Crippen LogP contribution in [-0.4, -0.2) is 8.76 Å². The Hall–Kier alpha value is -0.600. The number of benzene rings is 2. The van der Waals surface area contributed by atoms with E-state index in [-0.39, 0.29) is 5.75 Å². The molecule has 1 atom stereocenters. The summed E-state index contributed by atoms with van der Waals surface area (Å²) in [6, 6.07) is 13.1. The number of hydrogen-bond donors (Lipinski definition) is 1. The predicted molar refractivity (Wildman–Crippen MR) is 108 cm³/mol. The first-order chi connectivity index (χ1) is 11.5. The molecule has 2 aromatic carbocycles. The van der Waals surface area contributed by atoms with Crippen LogP contribution in [0.2, 0.25) is 10.0 Å². The maximum absolute atomic E-state index is 10.9. The van der Waals surface area contributed by atoms with Gasteiger partial charge in [0, 0.05) is 5.56 Å². The fraction of sp³-hybridized carbons (Fsp3) is 0.0625. The molecule has 0 saturated heterocycles. The first-order valence-electron chi connectivity index (χ1n) is 6.71. The Morgan fingerprint density at radius 3 is 2.29 bits per heavy atom. The van der Waals surface area contributed by atoms with Crippen LogP contribution in [-0.2, 0) is 16.8 Å². The molecule has 1 heterocycles. The summed E-state index contributed by atoms with van der Waals surface area (Å²) in [5.41, 5.74) is 3.73. The second-order valence-electron chi connectivity index (χ2n) is 4.95. The Morgan fingerprint density at radius 1 is 1.00 bits per heavy atom. The van der Waals surface area contributed by atoms with Crippen LogP contribution < -0.4 is 0 Å². The maximum Gasteiger partial charge on any atom is 0.157 e. The summed E-state index contributed by atoms with van der Waals surface area (Å²) < 4.78 is 20.7. The minimum Gasteiger partial charge on any atom is -0.306 e. The molecule has 8 heteroatoms. The summed E-state index contributed by atoms with van der Waals surface area (Å²) in [6.45, 7) is 0. The topological polar surface area (TPSA) is 37.3 Å². The van der Waals surface area contributed by atoms with E-state index in [2.05, 4.69) is 0 Å². The normalized spacial score (nSPS) is 12.3. The van der Waals surface area contributed by atoms with Crippen LogP contribution in [0, 0.1) is 3.82 Å². The molecule has 0 bridgehead atoms. The molecule has 0 aliphatic heterocycles. The van der Waals surface area contributed by atoms with Gasteiger partial charge in [0.2, 0.25) is 0 Å². The fourth-order valence-corrected chi connectivity index (χ4v) is 5.94. The summed E-state index contributed by atoms with van der Waals surface area (Å²) in [5, 5.41) is 1.000. The van der Waals surface area contributed by atoms with Crippen molar-refractivity contribution < 1.29 is 8.76 Å². The van der Waals surface area contributed by atoms with Crippen molar-refractivity contribution in [1.29, 1.82) is 0 Å². The number of hydrogen-bond acceptors (Lipinski definition) is 4. The van der Waals surface area contributed by atoms with Crippen molar-refractivity contribution >= 4 is 67.2 Å². The highest BCUT2D eigenvalue weighted by atomic mass is 35.5. The summed E-state index contributed by atoms with van der Waals surface area (Å²) in [5.74, 6) is 0.124. The monoisotopic (exact) mass is 432 g/mol. The molecule has 3 aromatic rings. The lowest BCUT2D eigenvalue weighted by atomic mass is 10.0. The van der Waals surface area contributed by atoms with E-state index >= 15 is 0 Å². The molecule has 0 fully saturated rings. The van der Waals surface area contributed by atoms with Gasteiger partial charge in [-0.3, -0.25) is 0 Å². The molecule has 0 aliphatic rings. The lowest BCUT2D eigenvalue weighted by molar-refractivity contribution is 0.563. The zero-order valence-corrected chi connectivity index (χ0v) is 16.8. The molecule has 0 radical (unpaired) electrons. The standard InChI is InChI=1S/C16H10Cl2O2S4/c17-12-6-5-11(7-13(12)18)14-15(22-23-16(14)21)10-3-1-9(2-4-10)8-24(19)20/h1-7H,8H2,(H,19,20). The van der Waals surface area contributed by atoms with Gasteiger partial charge in [0.1, 0.15) is 3.82 Å². The summed E-state index contributed by atoms with van der Waals surface area (Å²) in [7, 11) is 3.14. The molecule has 0 amide bonds. The van der Waals surface area contributed by atoms with E-state index in [4.69, 9.17) is 40.0 Å². The van der Waals surface area contributed by atoms with Crippen LogP contribution in [0.1, 0.15) is 5.56 Å². The van der Waals surface area contributed by atoms with Crippen molar-refractivity contribution in [2.24, 2.45) is 0 Å². The van der Waals surface area contributed by atoms with Crippen molar-refractivity contribution in [2.45, 2.75) is 5.75 Å². The van der Waals surface area contributed by atoms with E-state index in [1.807, 2.05) is 36.4 Å². The van der Waals surface area contributed by atoms with Crippen LogP contribution in [0.4, 0.5) is 0 Å². The molecule has 3 rings (SSSR count). The van der Waals surface area contributed by atoms with Gasteiger partial charge in [0.15, 0.2) is 11.1 Å². The van der Waals surface area contributed by atoms with Crippen LogP contribution in [0.5, 0.6) is 0 Å². The second-order valence-corrected chi connectivity index (χ2v) is 9.51. The van der Waals surface area contributed by atoms with E-state index in [9.17, 15) is 4.21 Å². The Labute approximate surface area is 164 Å². The van der Waals surface area contributed by atoms with Gasteiger partial charge in [-0.25, -0.2) is 4.21 Å². The van der Waals surface area contributed by atoms with E-state index in [0.29, 0.717) is 10.0 Å². The molecule has 1 N–H and O–H groups in total. The van der Waals surface area contributed by atoms with E-state index < -0.39 is 11.1 Å². The van der Waals surface area contributed by atoms with Gasteiger partial charge >= 0.3 is 0 Å². The molecule has 1 aromatic heterocycles. The smallest absolute Gasteiger partial charge is 0.157 e. The maximum atomic E-state index is 10.9. The Bertz CT molecular complexity index is 961. The van der Waals surface area contributed by atoms with Crippen molar-refractivity contribution in [3.63, 3.8) is 0 Å². The Kier molecular flexibility index (Phi) is 5.87. The van der Waals surface area contributed by atoms with Gasteiger partial charge in [-0.05, 0) is 28.8 Å². The third-order valence-corrected chi connectivity index (χ3v) is 7.73. The van der Waals surface area contributed by atoms with E-state index in [0.717, 1.165) is 31.0 Å². The van der Waals surface area contributed by atoms with Crippen molar-refractivity contribution in [3.05, 3.63) is 61.9 Å². The van der Waals surface area contributed by atoms with Crippen LogP contribution in [0.15, 0.2) is 42.5 Å². The van der Waals surface area contributed by atoms with Gasteiger partial charge in [-0.15, -0.1) is 0 Å². The van der Waals surface area contributed by atoms with Crippen LogP contribution >= 0.6 is 56.1 Å². The lowest BCUT2D eigenvalue weighted by Crippen LogP contribution is -1.92. The first kappa shape index (κ1) is 18.2. The molecule has 0 spiro atoms. The quantitative estimate of drug-likeness (QED) is 0.276. The highest BCUT2D eigenvalue weighted by molar-refractivity contribution is 7.80. The van der Waals surface area contributed by atoms with Crippen LogP contribution in [0.25, 0.3) is 21.6 Å². The molecule has 124 valence electrons. The molecule has 2 nitrogen and oxygen atoms in total. The van der Waals surface area contributed by atoms with Crippen molar-refractivity contribution in [1.82, 2.24) is 0 Å². The average molecular weight is 433 g/mol. The predicted octanol–water partition coefficient (Wildman–Crippen LogP) is 6.90. The van der Waals surface area contributed by atoms with Gasteiger partial charge in [-0.1, -0.05) is 86.4 Å². The summed E-state index contributed by atoms with van der Waals surface area (Å²) >= 11 is 15.8. The zero-order valence-electron chi connectivity index (χ0n) is 12.0. The van der Waals surface area contributed by atoms with Crippen molar-refractivity contribution in [3.8, 4) is 21.6 Å². The fourth-order valence-electron chi connectivity index (χ4n) is 2.24. The number of halogens is 2. The van der Waals surface area contributed by atoms with E-state index in [1.54, 1.807) is 16.4 Å². The van der Waals surface area contributed by atoms with Crippen molar-refractivity contribution in [2.75, 3.05) is 0 Å². The van der Waals surface area contributed by atoms with Crippen LogP contribution in [0.3, 0.4) is 0 Å². The first-order valence-corrected chi connectivity index (χ1v) is 11.3. The highest BCUT2D eigenvalue weighted by Gasteiger charge is 2.14. The minimum absolute atomic E-state index is 0.124. The van der Waals surface area contributed by atoms with Gasteiger partial charge in [0.05, 0.1) is 20.7 Å². The third kappa shape index (κ3) is 3.96. The van der Waals surface area contributed by atoms with E-state index in [1.165, 1.54) is 10.3 Å². The molecule has 1 unspecified atom stereocenters. The molecule has 0 saturated carbocycles. The molecule has 24 heavy (non-hydrogen) atoms. The van der Waals surface area contributed by atoms with Gasteiger partial charge in [0.25, 0.3) is 0 Å². The van der Waals surface area contributed by atoms with Gasteiger partial charge < -0.3 is 4.55 Å². The SMILES string of the molecule is O=S(O)Cc1ccc(-c2ssc(=S)c2-c2ccc(Cl)c(Cl)c2)cc1. The van der Waals surface area contributed by atoms with Gasteiger partial charge in [-0.2, -0.15) is 0 Å². The molecule has 0 aliphatic carbocycles. The molecular formula is C16H10Cl2O2S4. The summed E-state index contributed by atoms with van der Waals surface area (Å²) in [6.07, 6.45) is 0. The number of rotatable bonds is 4. The highest BCUT2D eigenvalue weighted by Crippen LogP contribution is 2.42.